The number of likely N-dealkylation sites (N-methyl/N-ethyl adjacent to an activating group) is 1. The summed E-state index contributed by atoms with van der Waals surface area (Å²) >= 11 is 9.53. The minimum Gasteiger partial charge on any atom is -0.463 e. The lowest BCUT2D eigenvalue weighted by molar-refractivity contribution is -0.139. The van der Waals surface area contributed by atoms with Crippen molar-refractivity contribution in [3.8, 4) is 0 Å². The van der Waals surface area contributed by atoms with E-state index in [1.807, 2.05) is 46.9 Å². The fourth-order valence-electron chi connectivity index (χ4n) is 3.59. The summed E-state index contributed by atoms with van der Waals surface area (Å²) in [6.45, 7) is 32.2. The van der Waals surface area contributed by atoms with Crippen molar-refractivity contribution in [2.24, 2.45) is 29.6 Å². The molecular weight excluding hydrogens is 677 g/mol. The van der Waals surface area contributed by atoms with E-state index in [9.17, 15) is 19.2 Å². The van der Waals surface area contributed by atoms with Gasteiger partial charge < -0.3 is 24.3 Å². The van der Waals surface area contributed by atoms with E-state index in [1.54, 1.807) is 20.8 Å². The normalized spacial score (nSPS) is 12.4. The first-order valence-corrected chi connectivity index (χ1v) is 17.7. The molecule has 286 valence electrons. The van der Waals surface area contributed by atoms with Crippen molar-refractivity contribution < 1.29 is 33.4 Å². The molecule has 0 bridgehead atoms. The number of rotatable bonds is 15. The van der Waals surface area contributed by atoms with Crippen LogP contribution in [0, 0.1) is 29.6 Å². The van der Waals surface area contributed by atoms with Crippen molar-refractivity contribution in [1.29, 1.82) is 0 Å². The minimum absolute atomic E-state index is 0. The molecule has 0 saturated carbocycles. The van der Waals surface area contributed by atoms with Gasteiger partial charge in [0.15, 0.2) is 0 Å². The van der Waals surface area contributed by atoms with Gasteiger partial charge in [-0.2, -0.15) is 0 Å². The standard InChI is InChI=1S/C12H22O2.C11H21NO2.C7H14O.C6H10O2.CH2Cl2.ClH/c1-6-11(9(3)4)8-10(5)12(13)14-7-2;1-6-14-11(13)9(4)7-10(12-5)8(2)3;1-4-7(5-8)6(2)3;1-4-8-6(7)5(2)3;2-1-3;/h8-9,11H,6-7H2,1-5H3;7-8,10,12H,6H2,1-5H3;5-7H,4H2,1-3H3;2,4H2,1,3H3;1H2;1H/b10-8+;9-7+;;;;/t11-;10-;7-;;;/m111.../s1. The number of allylic oxidation sites excluding steroid dienone is 1. The number of aldehydes is 1. The molecule has 0 spiro atoms. The lowest BCUT2D eigenvalue weighted by Crippen LogP contribution is -2.29. The Morgan fingerprint density at radius 1 is 0.667 bits per heavy atom. The second kappa shape index (κ2) is 39.6. The first kappa shape index (κ1) is 58.3. The molecule has 0 fully saturated rings. The van der Waals surface area contributed by atoms with Crippen LogP contribution in [0.2, 0.25) is 0 Å². The first-order chi connectivity index (χ1) is 21.9. The zero-order chi connectivity index (χ0) is 38.1. The van der Waals surface area contributed by atoms with Crippen molar-refractivity contribution in [2.45, 2.75) is 116 Å². The van der Waals surface area contributed by atoms with Gasteiger partial charge in [0.1, 0.15) is 6.29 Å². The van der Waals surface area contributed by atoms with Crippen LogP contribution < -0.4 is 5.32 Å². The lowest BCUT2D eigenvalue weighted by Gasteiger charge is -2.16. The Morgan fingerprint density at radius 3 is 1.19 bits per heavy atom. The SMILES string of the molecule is C=C(C)C(=O)OCC.CCOC(=O)/C(C)=C/[C@@H](CC)C(C)C.CCOC(=O)/C(C)=C/[C@@H](NC)C(C)C.CC[C@H](C=O)C(C)C.Cl.ClCCl. The summed E-state index contributed by atoms with van der Waals surface area (Å²) in [4.78, 5) is 43.2. The number of carbonyl (C=O) groups excluding carboxylic acids is 4. The highest BCUT2D eigenvalue weighted by molar-refractivity contribution is 6.40. The van der Waals surface area contributed by atoms with E-state index in [0.29, 0.717) is 54.6 Å². The highest BCUT2D eigenvalue weighted by atomic mass is 35.5. The van der Waals surface area contributed by atoms with Crippen LogP contribution in [0.15, 0.2) is 35.5 Å². The molecule has 0 aliphatic carbocycles. The van der Waals surface area contributed by atoms with E-state index in [1.165, 1.54) is 0 Å². The second-order valence-corrected chi connectivity index (χ2v) is 12.4. The molecule has 0 rings (SSSR count). The van der Waals surface area contributed by atoms with E-state index in [-0.39, 0.29) is 47.6 Å². The number of ether oxygens (including phenoxy) is 3. The maximum atomic E-state index is 11.3. The van der Waals surface area contributed by atoms with Crippen LogP contribution in [0.4, 0.5) is 0 Å². The predicted molar refractivity (Wildman–Crippen MR) is 207 cm³/mol. The zero-order valence-electron chi connectivity index (χ0n) is 32.7. The van der Waals surface area contributed by atoms with Gasteiger partial charge in [0, 0.05) is 28.7 Å². The number of alkyl halides is 2. The third-order valence-corrected chi connectivity index (χ3v) is 6.59. The summed E-state index contributed by atoms with van der Waals surface area (Å²) in [6.07, 6.45) is 7.03. The van der Waals surface area contributed by atoms with Crippen LogP contribution in [0.25, 0.3) is 0 Å². The molecule has 8 nitrogen and oxygen atoms in total. The zero-order valence-corrected chi connectivity index (χ0v) is 35.0. The van der Waals surface area contributed by atoms with Crippen LogP contribution in [0.3, 0.4) is 0 Å². The van der Waals surface area contributed by atoms with Gasteiger partial charge in [-0.25, -0.2) is 14.4 Å². The minimum atomic E-state index is -0.312. The largest absolute Gasteiger partial charge is 0.463 e. The van der Waals surface area contributed by atoms with Crippen LogP contribution in [0.1, 0.15) is 110 Å². The van der Waals surface area contributed by atoms with Crippen molar-refractivity contribution in [3.05, 3.63) is 35.5 Å². The van der Waals surface area contributed by atoms with Gasteiger partial charge in [-0.15, -0.1) is 35.6 Å². The highest BCUT2D eigenvalue weighted by Crippen LogP contribution is 2.18. The van der Waals surface area contributed by atoms with E-state index in [2.05, 4.69) is 65.1 Å². The molecule has 0 unspecified atom stereocenters. The Balaban J connectivity index is -0.000000122. The molecule has 0 aromatic carbocycles. The van der Waals surface area contributed by atoms with Crippen LogP contribution in [-0.4, -0.2) is 62.4 Å². The molecule has 0 aromatic rings. The van der Waals surface area contributed by atoms with Crippen molar-refractivity contribution >= 4 is 59.8 Å². The molecule has 1 N–H and O–H groups in total. The molecule has 0 heterocycles. The van der Waals surface area contributed by atoms with E-state index < -0.39 is 0 Å². The Labute approximate surface area is 310 Å². The maximum absolute atomic E-state index is 11.3. The summed E-state index contributed by atoms with van der Waals surface area (Å²) < 4.78 is 14.4. The van der Waals surface area contributed by atoms with E-state index >= 15 is 0 Å². The Hall–Kier alpha value is -1.87. The second-order valence-electron chi connectivity index (χ2n) is 11.6. The molecule has 0 aliphatic heterocycles. The van der Waals surface area contributed by atoms with Gasteiger partial charge >= 0.3 is 17.9 Å². The average Bonchev–Trinajstić information content (AvgIpc) is 3.00. The highest BCUT2D eigenvalue weighted by Gasteiger charge is 2.13. The van der Waals surface area contributed by atoms with Gasteiger partial charge in [0.2, 0.25) is 0 Å². The smallest absolute Gasteiger partial charge is 0.333 e. The molecule has 11 heteroatoms. The van der Waals surface area contributed by atoms with Gasteiger partial charge in [-0.1, -0.05) is 74.1 Å². The predicted octanol–water partition coefficient (Wildman–Crippen LogP) is 9.75. The molecule has 0 amide bonds. The van der Waals surface area contributed by atoms with Gasteiger partial charge in [-0.3, -0.25) is 0 Å². The number of esters is 3. The van der Waals surface area contributed by atoms with Crippen LogP contribution in [-0.2, 0) is 33.4 Å². The summed E-state index contributed by atoms with van der Waals surface area (Å²) in [5.74, 6) is 1.56. The number of halogens is 3. The number of carbonyl (C=O) groups is 4. The van der Waals surface area contributed by atoms with Crippen LogP contribution in [0.5, 0.6) is 0 Å². The van der Waals surface area contributed by atoms with Gasteiger partial charge in [0.25, 0.3) is 0 Å². The average molecular weight is 747 g/mol. The quantitative estimate of drug-likeness (QED) is 0.0580. The number of hydrogen-bond acceptors (Lipinski definition) is 8. The first-order valence-electron chi connectivity index (χ1n) is 16.6. The molecule has 3 atom stereocenters. The third kappa shape index (κ3) is 37.0. The number of hydrogen-bond donors (Lipinski definition) is 1. The van der Waals surface area contributed by atoms with Crippen LogP contribution >= 0.6 is 35.6 Å². The topological polar surface area (TPSA) is 108 Å². The molecular formula is C37H70Cl3NO7. The Bertz CT molecular complexity index is 842. The molecule has 0 aromatic heterocycles. The summed E-state index contributed by atoms with van der Waals surface area (Å²) in [5, 5.41) is 3.34. The lowest BCUT2D eigenvalue weighted by atomic mass is 9.91. The summed E-state index contributed by atoms with van der Waals surface area (Å²) in [6, 6.07) is 0.222. The van der Waals surface area contributed by atoms with Crippen molar-refractivity contribution in [2.75, 3.05) is 32.2 Å². The Morgan fingerprint density at radius 2 is 1.00 bits per heavy atom. The molecule has 48 heavy (non-hydrogen) atoms. The maximum Gasteiger partial charge on any atom is 0.333 e. The third-order valence-electron chi connectivity index (χ3n) is 6.59. The van der Waals surface area contributed by atoms with Crippen molar-refractivity contribution in [3.63, 3.8) is 0 Å². The van der Waals surface area contributed by atoms with Gasteiger partial charge in [-0.05, 0) is 85.1 Å². The van der Waals surface area contributed by atoms with Gasteiger partial charge in [0.05, 0.1) is 25.2 Å². The molecule has 0 aliphatic rings. The Kier molecular flexibility index (Phi) is 48.1. The monoisotopic (exact) mass is 745 g/mol. The summed E-state index contributed by atoms with van der Waals surface area (Å²) in [7, 11) is 1.89. The molecule has 0 radical (unpaired) electrons. The molecule has 0 saturated heterocycles. The summed E-state index contributed by atoms with van der Waals surface area (Å²) in [5.41, 5.74) is 1.85. The van der Waals surface area contributed by atoms with E-state index in [4.69, 9.17) is 32.7 Å². The van der Waals surface area contributed by atoms with E-state index in [0.717, 1.165) is 24.7 Å². The van der Waals surface area contributed by atoms with Crippen molar-refractivity contribution in [1.82, 2.24) is 5.32 Å². The fourth-order valence-corrected chi connectivity index (χ4v) is 3.59. The number of nitrogens with one attached hydrogen (secondary N) is 1. The fraction of sp³-hybridized carbons (Fsp3) is 0.730.